The molecule has 8 heteroatoms. The van der Waals surface area contributed by atoms with E-state index in [1.54, 1.807) is 29.4 Å². The van der Waals surface area contributed by atoms with E-state index in [9.17, 15) is 14.0 Å². The van der Waals surface area contributed by atoms with Crippen LogP contribution in [-0.4, -0.2) is 27.8 Å². The van der Waals surface area contributed by atoms with E-state index in [0.29, 0.717) is 36.5 Å². The topological polar surface area (TPSA) is 87.2 Å². The van der Waals surface area contributed by atoms with Gasteiger partial charge < -0.3 is 15.5 Å². The van der Waals surface area contributed by atoms with Crippen molar-refractivity contribution in [1.82, 2.24) is 9.97 Å². The first kappa shape index (κ1) is 23.5. The number of nitrogens with zero attached hydrogens (tertiary/aromatic N) is 3. The van der Waals surface area contributed by atoms with Crippen LogP contribution in [0.15, 0.2) is 73.1 Å². The standard InChI is InChI=1S/C31H26FN5O2/c1-2-24-13-18-5-7-21(32)14-27(18)37(24)29(38)26-15-23(9-11-33-26)35-22-8-6-19-16-31(17-20(19)12-22)25-4-3-10-34-28(25)36-30(31)39/h3-12,14-15,24H,2,13,16-17H2,1H3,(H,33,35)(H,34,36,39). The molecular weight excluding hydrogens is 493 g/mol. The van der Waals surface area contributed by atoms with Gasteiger partial charge in [0.15, 0.2) is 0 Å². The molecule has 0 radical (unpaired) electrons. The van der Waals surface area contributed by atoms with E-state index in [0.717, 1.165) is 40.0 Å². The van der Waals surface area contributed by atoms with Gasteiger partial charge in [-0.1, -0.05) is 25.1 Å². The molecule has 2 atom stereocenters. The summed E-state index contributed by atoms with van der Waals surface area (Å²) in [5.74, 6) is 0.0365. The maximum Gasteiger partial charge on any atom is 0.277 e. The van der Waals surface area contributed by atoms with E-state index in [1.807, 2.05) is 31.2 Å². The molecule has 7 nitrogen and oxygen atoms in total. The van der Waals surface area contributed by atoms with Crippen LogP contribution >= 0.6 is 0 Å². The summed E-state index contributed by atoms with van der Waals surface area (Å²) in [6.45, 7) is 2.03. The minimum absolute atomic E-state index is 0.00653. The Hall–Kier alpha value is -4.59. The molecule has 2 amide bonds. The molecule has 2 aliphatic heterocycles. The summed E-state index contributed by atoms with van der Waals surface area (Å²) in [5.41, 5.74) is 6.04. The summed E-state index contributed by atoms with van der Waals surface area (Å²) < 4.78 is 14.0. The fourth-order valence-electron chi connectivity index (χ4n) is 6.34. The van der Waals surface area contributed by atoms with Crippen molar-refractivity contribution in [1.29, 1.82) is 0 Å². The number of pyridine rings is 2. The number of halogens is 1. The van der Waals surface area contributed by atoms with E-state index in [4.69, 9.17) is 0 Å². The molecule has 4 heterocycles. The Morgan fingerprint density at radius 1 is 1.03 bits per heavy atom. The van der Waals surface area contributed by atoms with Gasteiger partial charge >= 0.3 is 0 Å². The van der Waals surface area contributed by atoms with E-state index in [2.05, 4.69) is 32.7 Å². The van der Waals surface area contributed by atoms with E-state index < -0.39 is 5.41 Å². The van der Waals surface area contributed by atoms with Crippen molar-refractivity contribution in [3.05, 3.63) is 107 Å². The summed E-state index contributed by atoms with van der Waals surface area (Å²) in [6.07, 6.45) is 6.00. The van der Waals surface area contributed by atoms with Crippen molar-refractivity contribution in [3.63, 3.8) is 0 Å². The molecule has 39 heavy (non-hydrogen) atoms. The zero-order valence-electron chi connectivity index (χ0n) is 21.4. The van der Waals surface area contributed by atoms with E-state index in [-0.39, 0.29) is 23.7 Å². The van der Waals surface area contributed by atoms with Crippen molar-refractivity contribution in [2.75, 3.05) is 15.5 Å². The van der Waals surface area contributed by atoms with Crippen molar-refractivity contribution in [2.45, 2.75) is 44.1 Å². The smallest absolute Gasteiger partial charge is 0.277 e. The number of carbonyl (C=O) groups is 2. The van der Waals surface area contributed by atoms with E-state index in [1.165, 1.54) is 12.1 Å². The maximum atomic E-state index is 14.0. The zero-order valence-corrected chi connectivity index (χ0v) is 21.4. The van der Waals surface area contributed by atoms with Crippen LogP contribution in [0.4, 0.5) is 27.3 Å². The predicted octanol–water partition coefficient (Wildman–Crippen LogP) is 5.33. The minimum atomic E-state index is -0.623. The zero-order chi connectivity index (χ0) is 26.7. The largest absolute Gasteiger partial charge is 0.355 e. The van der Waals surface area contributed by atoms with Gasteiger partial charge in [0, 0.05) is 35.4 Å². The van der Waals surface area contributed by atoms with Crippen LogP contribution in [-0.2, 0) is 29.5 Å². The summed E-state index contributed by atoms with van der Waals surface area (Å²) in [5, 5.41) is 6.35. The second-order valence-electron chi connectivity index (χ2n) is 10.5. The number of amides is 2. The van der Waals surface area contributed by atoms with Gasteiger partial charge in [-0.3, -0.25) is 14.6 Å². The Balaban J connectivity index is 1.14. The Morgan fingerprint density at radius 3 is 2.72 bits per heavy atom. The first-order valence-electron chi connectivity index (χ1n) is 13.2. The second-order valence-corrected chi connectivity index (χ2v) is 10.5. The molecule has 0 saturated heterocycles. The Labute approximate surface area is 225 Å². The third-order valence-electron chi connectivity index (χ3n) is 8.27. The molecule has 7 rings (SSSR count). The normalized spacial score (nSPS) is 20.5. The molecule has 0 bridgehead atoms. The molecule has 2 N–H and O–H groups in total. The van der Waals surface area contributed by atoms with Gasteiger partial charge in [0.05, 0.1) is 11.1 Å². The average Bonchev–Trinajstić information content (AvgIpc) is 3.59. The lowest BCUT2D eigenvalue weighted by molar-refractivity contribution is -0.120. The van der Waals surface area contributed by atoms with Gasteiger partial charge in [0.25, 0.3) is 5.91 Å². The number of hydrogen-bond acceptors (Lipinski definition) is 5. The van der Waals surface area contributed by atoms with Crippen LogP contribution in [0.2, 0.25) is 0 Å². The molecule has 1 spiro atoms. The highest BCUT2D eigenvalue weighted by Crippen LogP contribution is 2.47. The Kier molecular flexibility index (Phi) is 5.26. The number of anilines is 4. The summed E-state index contributed by atoms with van der Waals surface area (Å²) in [4.78, 5) is 37.0. The molecule has 2 aromatic carbocycles. The van der Waals surface area contributed by atoms with Gasteiger partial charge in [0.2, 0.25) is 5.91 Å². The van der Waals surface area contributed by atoms with Crippen LogP contribution in [0.5, 0.6) is 0 Å². The second kappa shape index (κ2) is 8.73. The SMILES string of the molecule is CCC1Cc2ccc(F)cc2N1C(=O)c1cc(Nc2ccc3c(c2)CC2(C3)C(=O)Nc3ncccc32)ccn1. The lowest BCUT2D eigenvalue weighted by Crippen LogP contribution is -2.37. The van der Waals surface area contributed by atoms with Crippen LogP contribution in [0, 0.1) is 5.82 Å². The van der Waals surface area contributed by atoms with Gasteiger partial charge in [-0.25, -0.2) is 9.37 Å². The monoisotopic (exact) mass is 519 g/mol. The number of nitrogens with one attached hydrogen (secondary N) is 2. The molecule has 2 unspecified atom stereocenters. The predicted molar refractivity (Wildman–Crippen MR) is 147 cm³/mol. The number of hydrogen-bond donors (Lipinski definition) is 2. The number of fused-ring (bicyclic) bond motifs is 4. The van der Waals surface area contributed by atoms with Gasteiger partial charge in [-0.2, -0.15) is 0 Å². The van der Waals surface area contributed by atoms with Crippen molar-refractivity contribution in [3.8, 4) is 0 Å². The molecule has 0 saturated carbocycles. The highest BCUT2D eigenvalue weighted by molar-refractivity contribution is 6.07. The van der Waals surface area contributed by atoms with Crippen LogP contribution in [0.3, 0.4) is 0 Å². The fourth-order valence-corrected chi connectivity index (χ4v) is 6.34. The first-order chi connectivity index (χ1) is 18.9. The van der Waals surface area contributed by atoms with Crippen LogP contribution < -0.4 is 15.5 Å². The lowest BCUT2D eigenvalue weighted by Gasteiger charge is -2.24. The van der Waals surface area contributed by atoms with Crippen LogP contribution in [0.25, 0.3) is 0 Å². The van der Waals surface area contributed by atoms with Gasteiger partial charge in [-0.05, 0) is 84.8 Å². The molecule has 194 valence electrons. The Morgan fingerprint density at radius 2 is 1.85 bits per heavy atom. The first-order valence-corrected chi connectivity index (χ1v) is 13.2. The maximum absolute atomic E-state index is 14.0. The lowest BCUT2D eigenvalue weighted by atomic mass is 9.79. The van der Waals surface area contributed by atoms with Crippen molar-refractivity contribution >= 4 is 34.7 Å². The fraction of sp³-hybridized carbons (Fsp3) is 0.226. The summed E-state index contributed by atoms with van der Waals surface area (Å²) in [7, 11) is 0. The number of benzene rings is 2. The third-order valence-corrected chi connectivity index (χ3v) is 8.27. The van der Waals surface area contributed by atoms with E-state index >= 15 is 0 Å². The van der Waals surface area contributed by atoms with Crippen molar-refractivity contribution < 1.29 is 14.0 Å². The highest BCUT2D eigenvalue weighted by atomic mass is 19.1. The molecule has 0 fully saturated rings. The minimum Gasteiger partial charge on any atom is -0.355 e. The Bertz CT molecular complexity index is 1670. The number of carbonyl (C=O) groups excluding carboxylic acids is 2. The number of rotatable bonds is 4. The molecule has 1 aliphatic carbocycles. The summed E-state index contributed by atoms with van der Waals surface area (Å²) in [6, 6.07) is 18.1. The number of aromatic nitrogens is 2. The van der Waals surface area contributed by atoms with Crippen LogP contribution in [0.1, 0.15) is 46.1 Å². The van der Waals surface area contributed by atoms with Gasteiger partial charge in [-0.15, -0.1) is 0 Å². The summed E-state index contributed by atoms with van der Waals surface area (Å²) >= 11 is 0. The quantitative estimate of drug-likeness (QED) is 0.381. The molecular formula is C31H26FN5O2. The third kappa shape index (κ3) is 3.70. The van der Waals surface area contributed by atoms with Gasteiger partial charge in [0.1, 0.15) is 17.3 Å². The van der Waals surface area contributed by atoms with Crippen molar-refractivity contribution in [2.24, 2.45) is 0 Å². The average molecular weight is 520 g/mol. The molecule has 4 aromatic rings. The highest BCUT2D eigenvalue weighted by Gasteiger charge is 2.51. The molecule has 3 aliphatic rings. The molecule has 2 aromatic heterocycles.